The Labute approximate surface area is 260 Å². The van der Waals surface area contributed by atoms with E-state index in [0.717, 1.165) is 15.1 Å². The number of carbonyl (C=O) groups is 3. The molecule has 3 atom stereocenters. The summed E-state index contributed by atoms with van der Waals surface area (Å²) in [7, 11) is -2.84. The molecule has 1 aliphatic rings. The second kappa shape index (κ2) is 13.5. The molecular formula is C32H31N3O7S2. The predicted molar refractivity (Wildman–Crippen MR) is 169 cm³/mol. The fourth-order valence-corrected chi connectivity index (χ4v) is 7.22. The van der Waals surface area contributed by atoms with E-state index < -0.39 is 40.1 Å². The Bertz CT molecular complexity index is 1770. The van der Waals surface area contributed by atoms with Crippen LogP contribution in [0.25, 0.3) is 10.8 Å². The molecule has 0 spiro atoms. The molecule has 0 radical (unpaired) electrons. The highest BCUT2D eigenvalue weighted by molar-refractivity contribution is 7.89. The maximum atomic E-state index is 13.7. The number of benzene rings is 4. The lowest BCUT2D eigenvalue weighted by molar-refractivity contribution is -0.145. The average molecular weight is 634 g/mol. The molecule has 4 aromatic rings. The van der Waals surface area contributed by atoms with E-state index in [0.29, 0.717) is 11.3 Å². The lowest BCUT2D eigenvalue weighted by Crippen LogP contribution is -2.51. The zero-order valence-electron chi connectivity index (χ0n) is 23.8. The molecule has 4 aromatic carbocycles. The largest absolute Gasteiger partial charge is 0.467 e. The first kappa shape index (κ1) is 31.0. The van der Waals surface area contributed by atoms with Gasteiger partial charge in [0.05, 0.1) is 12.0 Å². The van der Waals surface area contributed by atoms with Gasteiger partial charge in [-0.1, -0.05) is 60.7 Å². The number of esters is 1. The van der Waals surface area contributed by atoms with E-state index in [1.807, 2.05) is 30.3 Å². The molecule has 1 aliphatic heterocycles. The number of methoxy groups -OCH3 is 1. The second-order valence-corrected chi connectivity index (χ2v) is 12.9. The van der Waals surface area contributed by atoms with Crippen molar-refractivity contribution in [1.82, 2.24) is 9.62 Å². The third-order valence-electron chi connectivity index (χ3n) is 7.26. The van der Waals surface area contributed by atoms with Crippen molar-refractivity contribution in [2.45, 2.75) is 35.1 Å². The van der Waals surface area contributed by atoms with Gasteiger partial charge in [-0.05, 0) is 59.2 Å². The minimum atomic E-state index is -4.05. The molecule has 0 saturated carbocycles. The van der Waals surface area contributed by atoms with Crippen LogP contribution in [0.15, 0.2) is 102 Å². The smallest absolute Gasteiger partial charge is 0.417 e. The molecule has 1 saturated heterocycles. The molecule has 10 nitrogen and oxygen atoms in total. The summed E-state index contributed by atoms with van der Waals surface area (Å²) < 4.78 is 38.8. The van der Waals surface area contributed by atoms with Gasteiger partial charge in [0, 0.05) is 23.9 Å². The Balaban J connectivity index is 1.27. The van der Waals surface area contributed by atoms with Crippen molar-refractivity contribution in [2.24, 2.45) is 0 Å². The number of hydrogen-bond acceptors (Lipinski definition) is 8. The van der Waals surface area contributed by atoms with Crippen molar-refractivity contribution in [3.05, 3.63) is 103 Å². The third kappa shape index (κ3) is 7.21. The number of fused-ring (bicyclic) bond motifs is 1. The van der Waals surface area contributed by atoms with Crippen LogP contribution >= 0.6 is 12.6 Å². The van der Waals surface area contributed by atoms with Crippen LogP contribution in [0.4, 0.5) is 10.5 Å². The van der Waals surface area contributed by atoms with Gasteiger partial charge in [0.15, 0.2) is 0 Å². The maximum Gasteiger partial charge on any atom is 0.417 e. The minimum Gasteiger partial charge on any atom is -0.467 e. The predicted octanol–water partition coefficient (Wildman–Crippen LogP) is 4.41. The Morgan fingerprint density at radius 3 is 2.32 bits per heavy atom. The normalized spacial score (nSPS) is 17.5. The van der Waals surface area contributed by atoms with E-state index in [4.69, 9.17) is 9.47 Å². The van der Waals surface area contributed by atoms with Crippen LogP contribution in [-0.2, 0) is 30.8 Å². The number of para-hydroxylation sites is 1. The highest BCUT2D eigenvalue weighted by Crippen LogP contribution is 2.30. The third-order valence-corrected chi connectivity index (χ3v) is 9.50. The van der Waals surface area contributed by atoms with E-state index >= 15 is 0 Å². The number of rotatable bonds is 9. The second-order valence-electron chi connectivity index (χ2n) is 10.3. The van der Waals surface area contributed by atoms with E-state index in [1.54, 1.807) is 60.7 Å². The van der Waals surface area contributed by atoms with Crippen LogP contribution in [0.5, 0.6) is 5.75 Å². The van der Waals surface area contributed by atoms with Crippen LogP contribution in [-0.4, -0.2) is 61.7 Å². The minimum absolute atomic E-state index is 0.0402. The number of thiol groups is 1. The molecular weight excluding hydrogens is 602 g/mol. The highest BCUT2D eigenvalue weighted by atomic mass is 32.2. The summed E-state index contributed by atoms with van der Waals surface area (Å²) in [6.07, 6.45) is -0.429. The number of anilines is 1. The lowest BCUT2D eigenvalue weighted by Gasteiger charge is -2.25. The van der Waals surface area contributed by atoms with Crippen molar-refractivity contribution < 1.29 is 32.3 Å². The van der Waals surface area contributed by atoms with Crippen LogP contribution in [0.3, 0.4) is 0 Å². The van der Waals surface area contributed by atoms with Gasteiger partial charge < -0.3 is 14.8 Å². The number of nitrogens with zero attached hydrogens (tertiary/aromatic N) is 1. The lowest BCUT2D eigenvalue weighted by atomic mass is 10.0. The monoisotopic (exact) mass is 633 g/mol. The Hall–Kier alpha value is -4.39. The summed E-state index contributed by atoms with van der Waals surface area (Å²) in [6.45, 7) is 0.0402. The van der Waals surface area contributed by atoms with E-state index in [1.165, 1.54) is 13.2 Å². The fraction of sp³-hybridized carbons (Fsp3) is 0.219. The molecule has 0 aliphatic carbocycles. The van der Waals surface area contributed by atoms with E-state index in [2.05, 4.69) is 23.3 Å². The van der Waals surface area contributed by atoms with Gasteiger partial charge in [-0.2, -0.15) is 16.9 Å². The van der Waals surface area contributed by atoms with Gasteiger partial charge in [0.2, 0.25) is 15.9 Å². The molecule has 12 heteroatoms. The Morgan fingerprint density at radius 2 is 1.61 bits per heavy atom. The molecule has 1 fully saturated rings. The molecule has 1 heterocycles. The first-order chi connectivity index (χ1) is 21.1. The quantitative estimate of drug-likeness (QED) is 0.184. The van der Waals surface area contributed by atoms with Gasteiger partial charge in [-0.15, -0.1) is 0 Å². The molecule has 5 rings (SSSR count). The van der Waals surface area contributed by atoms with Crippen LogP contribution in [0.1, 0.15) is 12.0 Å². The molecule has 0 aromatic heterocycles. The highest BCUT2D eigenvalue weighted by Gasteiger charge is 2.44. The topological polar surface area (TPSA) is 131 Å². The fourth-order valence-electron chi connectivity index (χ4n) is 5.06. The number of hydrogen-bond donors (Lipinski definition) is 3. The Kier molecular flexibility index (Phi) is 9.52. The first-order valence-corrected chi connectivity index (χ1v) is 15.8. The zero-order chi connectivity index (χ0) is 31.3. The summed E-state index contributed by atoms with van der Waals surface area (Å²) in [4.78, 5) is 38.5. The van der Waals surface area contributed by atoms with Gasteiger partial charge >= 0.3 is 12.1 Å². The summed E-state index contributed by atoms with van der Waals surface area (Å²) in [5.74, 6) is -1.04. The van der Waals surface area contributed by atoms with Gasteiger partial charge in [0.1, 0.15) is 17.8 Å². The standard InChI is InChI=1S/C32H31N3O7S2/c1-41-31(37)28(17-21-11-14-25(15-12-21)42-32(38)33-24-9-3-2-4-10-24)34-30(36)29-19-26(43)20-35(29)44(39,40)27-16-13-22-7-5-6-8-23(22)18-27/h2-16,18,26,28-29,43H,17,19-20H2,1H3,(H,33,38)(H,34,36)/t26-,28?,29-/m0/s1. The van der Waals surface area contributed by atoms with Crippen LogP contribution in [0, 0.1) is 0 Å². The molecule has 2 amide bonds. The van der Waals surface area contributed by atoms with Gasteiger partial charge in [-0.3, -0.25) is 10.1 Å². The summed E-state index contributed by atoms with van der Waals surface area (Å²) in [6, 6.07) is 25.4. The maximum absolute atomic E-state index is 13.7. The van der Waals surface area contributed by atoms with Gasteiger partial charge in [-0.25, -0.2) is 18.0 Å². The van der Waals surface area contributed by atoms with Crippen molar-refractivity contribution in [3.8, 4) is 5.75 Å². The summed E-state index contributed by atoms with van der Waals surface area (Å²) in [5.41, 5.74) is 1.23. The first-order valence-electron chi connectivity index (χ1n) is 13.8. The van der Waals surface area contributed by atoms with Crippen molar-refractivity contribution in [2.75, 3.05) is 19.0 Å². The molecule has 44 heavy (non-hydrogen) atoms. The number of carbonyl (C=O) groups excluding carboxylic acids is 3. The molecule has 2 N–H and O–H groups in total. The van der Waals surface area contributed by atoms with E-state index in [9.17, 15) is 22.8 Å². The Morgan fingerprint density at radius 1 is 0.932 bits per heavy atom. The summed E-state index contributed by atoms with van der Waals surface area (Å²) in [5, 5.41) is 6.59. The van der Waals surface area contributed by atoms with Gasteiger partial charge in [0.25, 0.3) is 0 Å². The molecule has 1 unspecified atom stereocenters. The van der Waals surface area contributed by atoms with Crippen molar-refractivity contribution in [1.29, 1.82) is 0 Å². The zero-order valence-corrected chi connectivity index (χ0v) is 25.5. The van der Waals surface area contributed by atoms with Crippen LogP contribution < -0.4 is 15.4 Å². The molecule has 228 valence electrons. The number of ether oxygens (including phenoxy) is 2. The number of sulfonamides is 1. The SMILES string of the molecule is COC(=O)C(Cc1ccc(OC(=O)Nc2ccccc2)cc1)NC(=O)[C@@H]1C[C@H](S)CN1S(=O)(=O)c1ccc2ccccc2c1. The van der Waals surface area contributed by atoms with Crippen molar-refractivity contribution >= 4 is 57.1 Å². The molecule has 0 bridgehead atoms. The average Bonchev–Trinajstić information content (AvgIpc) is 3.44. The summed E-state index contributed by atoms with van der Waals surface area (Å²) >= 11 is 4.48. The van der Waals surface area contributed by atoms with Crippen molar-refractivity contribution in [3.63, 3.8) is 0 Å². The van der Waals surface area contributed by atoms with Crippen LogP contribution in [0.2, 0.25) is 0 Å². The number of amides is 2. The van der Waals surface area contributed by atoms with E-state index in [-0.39, 0.29) is 35.3 Å². The number of nitrogens with one attached hydrogen (secondary N) is 2.